The number of carbonyl (C=O) groups is 1. The number of thioether (sulfide) groups is 1. The number of anilines is 2. The van der Waals surface area contributed by atoms with Gasteiger partial charge >= 0.3 is 0 Å². The standard InChI is InChI=1S/C22H27N5OS/c1-5-27-20(13-23-18-11-9-15(2)10-12-18)25-26-22(27)29-14-21(28)24-19-8-6-7-16(3)17(19)4/h6-12,23H,5,13-14H2,1-4H3,(H,24,28). The van der Waals surface area contributed by atoms with E-state index in [0.29, 0.717) is 6.54 Å². The second kappa shape index (κ2) is 9.60. The Morgan fingerprint density at radius 2 is 1.83 bits per heavy atom. The molecular weight excluding hydrogens is 382 g/mol. The van der Waals surface area contributed by atoms with Crippen molar-refractivity contribution in [1.82, 2.24) is 14.8 Å². The molecule has 29 heavy (non-hydrogen) atoms. The average Bonchev–Trinajstić information content (AvgIpc) is 3.11. The Morgan fingerprint density at radius 3 is 2.55 bits per heavy atom. The van der Waals surface area contributed by atoms with Crippen LogP contribution in [0.4, 0.5) is 11.4 Å². The molecule has 152 valence electrons. The Morgan fingerprint density at radius 1 is 1.07 bits per heavy atom. The van der Waals surface area contributed by atoms with Crippen molar-refractivity contribution in [3.05, 3.63) is 65.0 Å². The molecule has 6 nitrogen and oxygen atoms in total. The molecule has 1 amide bonds. The predicted molar refractivity (Wildman–Crippen MR) is 119 cm³/mol. The normalized spacial score (nSPS) is 10.8. The van der Waals surface area contributed by atoms with Gasteiger partial charge in [0.05, 0.1) is 12.3 Å². The van der Waals surface area contributed by atoms with Crippen LogP contribution in [0.15, 0.2) is 47.6 Å². The molecule has 0 unspecified atom stereocenters. The summed E-state index contributed by atoms with van der Waals surface area (Å²) in [6.07, 6.45) is 0. The maximum absolute atomic E-state index is 12.4. The van der Waals surface area contributed by atoms with E-state index in [4.69, 9.17) is 0 Å². The molecule has 3 rings (SSSR count). The number of nitrogens with zero attached hydrogens (tertiary/aromatic N) is 3. The van der Waals surface area contributed by atoms with Gasteiger partial charge in [-0.2, -0.15) is 0 Å². The van der Waals surface area contributed by atoms with Gasteiger partial charge in [0.25, 0.3) is 0 Å². The average molecular weight is 410 g/mol. The number of hydrogen-bond donors (Lipinski definition) is 2. The molecule has 0 saturated heterocycles. The summed E-state index contributed by atoms with van der Waals surface area (Å²) in [7, 11) is 0. The number of benzene rings is 2. The lowest BCUT2D eigenvalue weighted by Crippen LogP contribution is -2.16. The van der Waals surface area contributed by atoms with Crippen molar-refractivity contribution in [3.63, 3.8) is 0 Å². The van der Waals surface area contributed by atoms with Crippen LogP contribution in [0.25, 0.3) is 0 Å². The van der Waals surface area contributed by atoms with E-state index in [0.717, 1.165) is 40.0 Å². The first-order valence-electron chi connectivity index (χ1n) is 9.69. The first-order chi connectivity index (χ1) is 14.0. The highest BCUT2D eigenvalue weighted by Crippen LogP contribution is 2.21. The lowest BCUT2D eigenvalue weighted by Gasteiger charge is -2.11. The molecule has 0 fully saturated rings. The zero-order valence-corrected chi connectivity index (χ0v) is 18.1. The second-order valence-corrected chi connectivity index (χ2v) is 7.89. The number of hydrogen-bond acceptors (Lipinski definition) is 5. The van der Waals surface area contributed by atoms with Crippen molar-refractivity contribution < 1.29 is 4.79 Å². The number of aryl methyl sites for hydroxylation is 2. The smallest absolute Gasteiger partial charge is 0.234 e. The summed E-state index contributed by atoms with van der Waals surface area (Å²) in [4.78, 5) is 12.4. The van der Waals surface area contributed by atoms with Crippen LogP contribution in [0.3, 0.4) is 0 Å². The quantitative estimate of drug-likeness (QED) is 0.534. The van der Waals surface area contributed by atoms with Crippen molar-refractivity contribution in [3.8, 4) is 0 Å². The van der Waals surface area contributed by atoms with Crippen LogP contribution in [0.2, 0.25) is 0 Å². The molecule has 0 bridgehead atoms. The minimum Gasteiger partial charge on any atom is -0.378 e. The Balaban J connectivity index is 1.58. The lowest BCUT2D eigenvalue weighted by molar-refractivity contribution is -0.113. The summed E-state index contributed by atoms with van der Waals surface area (Å²) in [6, 6.07) is 14.2. The van der Waals surface area contributed by atoms with Crippen LogP contribution in [-0.2, 0) is 17.9 Å². The SMILES string of the molecule is CCn1c(CNc2ccc(C)cc2)nnc1SCC(=O)Nc1cccc(C)c1C. The largest absolute Gasteiger partial charge is 0.378 e. The first-order valence-corrected chi connectivity index (χ1v) is 10.7. The molecule has 0 spiro atoms. The second-order valence-electron chi connectivity index (χ2n) is 6.95. The molecule has 0 saturated carbocycles. The Labute approximate surface area is 176 Å². The molecule has 0 atom stereocenters. The summed E-state index contributed by atoms with van der Waals surface area (Å²) >= 11 is 1.40. The first kappa shape index (κ1) is 20.9. The molecule has 0 aliphatic heterocycles. The molecule has 0 aliphatic rings. The Kier molecular flexibility index (Phi) is 6.93. The predicted octanol–water partition coefficient (Wildman–Crippen LogP) is 4.57. The van der Waals surface area contributed by atoms with Gasteiger partial charge in [-0.1, -0.05) is 41.6 Å². The Hall–Kier alpha value is -2.80. The maximum atomic E-state index is 12.4. The van der Waals surface area contributed by atoms with Crippen molar-refractivity contribution in [2.75, 3.05) is 16.4 Å². The molecular formula is C22H27N5OS. The van der Waals surface area contributed by atoms with Gasteiger partial charge in [-0.15, -0.1) is 10.2 Å². The van der Waals surface area contributed by atoms with Gasteiger partial charge in [0.2, 0.25) is 5.91 Å². The highest BCUT2D eigenvalue weighted by atomic mass is 32.2. The van der Waals surface area contributed by atoms with Gasteiger partial charge < -0.3 is 15.2 Å². The van der Waals surface area contributed by atoms with Gasteiger partial charge in [0.15, 0.2) is 11.0 Å². The van der Waals surface area contributed by atoms with Gasteiger partial charge in [-0.05, 0) is 57.0 Å². The van der Waals surface area contributed by atoms with Crippen molar-refractivity contribution in [1.29, 1.82) is 0 Å². The molecule has 0 radical (unpaired) electrons. The summed E-state index contributed by atoms with van der Waals surface area (Å²) in [5.41, 5.74) is 5.38. The third kappa shape index (κ3) is 5.38. The van der Waals surface area contributed by atoms with Gasteiger partial charge in [-0.25, -0.2) is 0 Å². The number of amides is 1. The monoisotopic (exact) mass is 409 g/mol. The fourth-order valence-electron chi connectivity index (χ4n) is 2.93. The highest BCUT2D eigenvalue weighted by Gasteiger charge is 2.14. The molecule has 1 aromatic heterocycles. The minimum absolute atomic E-state index is 0.0475. The third-order valence-corrected chi connectivity index (χ3v) is 5.79. The molecule has 7 heteroatoms. The summed E-state index contributed by atoms with van der Waals surface area (Å²) in [5, 5.41) is 15.7. The zero-order chi connectivity index (χ0) is 20.8. The van der Waals surface area contributed by atoms with Crippen molar-refractivity contribution in [2.45, 2.75) is 45.9 Å². The van der Waals surface area contributed by atoms with Crippen molar-refractivity contribution >= 4 is 29.0 Å². The van der Waals surface area contributed by atoms with Crippen LogP contribution in [0, 0.1) is 20.8 Å². The van der Waals surface area contributed by atoms with E-state index < -0.39 is 0 Å². The van der Waals surface area contributed by atoms with E-state index in [1.807, 2.05) is 36.6 Å². The fraction of sp³-hybridized carbons (Fsp3) is 0.318. The molecule has 3 aromatic rings. The van der Waals surface area contributed by atoms with E-state index in [1.54, 1.807) is 0 Å². The van der Waals surface area contributed by atoms with Gasteiger partial charge in [0.1, 0.15) is 0 Å². The van der Waals surface area contributed by atoms with E-state index >= 15 is 0 Å². The van der Waals surface area contributed by atoms with E-state index in [-0.39, 0.29) is 11.7 Å². The van der Waals surface area contributed by atoms with E-state index in [2.05, 4.69) is 58.9 Å². The number of aromatic nitrogens is 3. The summed E-state index contributed by atoms with van der Waals surface area (Å²) in [6.45, 7) is 9.50. The Bertz CT molecular complexity index is 981. The van der Waals surface area contributed by atoms with Crippen LogP contribution in [-0.4, -0.2) is 26.4 Å². The lowest BCUT2D eigenvalue weighted by atomic mass is 10.1. The molecule has 2 N–H and O–H groups in total. The molecule has 0 aliphatic carbocycles. The number of carbonyl (C=O) groups excluding carboxylic acids is 1. The summed E-state index contributed by atoms with van der Waals surface area (Å²) in [5.74, 6) is 1.09. The molecule has 1 heterocycles. The van der Waals surface area contributed by atoms with Crippen LogP contribution < -0.4 is 10.6 Å². The number of nitrogens with one attached hydrogen (secondary N) is 2. The highest BCUT2D eigenvalue weighted by molar-refractivity contribution is 7.99. The maximum Gasteiger partial charge on any atom is 0.234 e. The number of rotatable bonds is 8. The van der Waals surface area contributed by atoms with Crippen molar-refractivity contribution in [2.24, 2.45) is 0 Å². The van der Waals surface area contributed by atoms with E-state index in [9.17, 15) is 4.79 Å². The van der Waals surface area contributed by atoms with E-state index in [1.165, 1.54) is 17.3 Å². The fourth-order valence-corrected chi connectivity index (χ4v) is 3.75. The zero-order valence-electron chi connectivity index (χ0n) is 17.3. The third-order valence-electron chi connectivity index (χ3n) is 4.82. The molecule has 2 aromatic carbocycles. The van der Waals surface area contributed by atoms with Gasteiger partial charge in [0, 0.05) is 17.9 Å². The van der Waals surface area contributed by atoms with Crippen LogP contribution in [0.1, 0.15) is 29.4 Å². The minimum atomic E-state index is -0.0475. The van der Waals surface area contributed by atoms with Gasteiger partial charge in [-0.3, -0.25) is 4.79 Å². The topological polar surface area (TPSA) is 71.8 Å². The van der Waals surface area contributed by atoms with Crippen LogP contribution >= 0.6 is 11.8 Å². The summed E-state index contributed by atoms with van der Waals surface area (Å²) < 4.78 is 2.04. The van der Waals surface area contributed by atoms with Crippen LogP contribution in [0.5, 0.6) is 0 Å².